The van der Waals surface area contributed by atoms with Crippen molar-refractivity contribution in [3.05, 3.63) is 36.0 Å². The fourth-order valence-electron chi connectivity index (χ4n) is 5.36. The molecule has 3 atom stereocenters. The molecule has 1 saturated heterocycles. The Balaban J connectivity index is 1.32. The number of hydrogen-bond acceptors (Lipinski definition) is 6. The van der Waals surface area contributed by atoms with Gasteiger partial charge in [0.05, 0.1) is 18.7 Å². The molecular formula is C27H38N2O4S. The number of benzene rings is 1. The lowest BCUT2D eigenvalue weighted by molar-refractivity contribution is -0.139. The van der Waals surface area contributed by atoms with Gasteiger partial charge in [-0.1, -0.05) is 6.42 Å². The van der Waals surface area contributed by atoms with Gasteiger partial charge >= 0.3 is 5.97 Å². The maximum absolute atomic E-state index is 11.6. The number of likely N-dealkylation sites (tertiary alicyclic amines) is 1. The van der Waals surface area contributed by atoms with E-state index in [1.54, 1.807) is 13.3 Å². The normalized spacial score (nSPS) is 22.4. The van der Waals surface area contributed by atoms with E-state index < -0.39 is 12.1 Å². The van der Waals surface area contributed by atoms with Crippen LogP contribution in [0.2, 0.25) is 0 Å². The van der Waals surface area contributed by atoms with E-state index in [9.17, 15) is 15.0 Å². The first-order chi connectivity index (χ1) is 16.5. The minimum absolute atomic E-state index is 0.145. The molecule has 2 N–H and O–H groups in total. The molecule has 34 heavy (non-hydrogen) atoms. The second kappa shape index (κ2) is 12.2. The summed E-state index contributed by atoms with van der Waals surface area (Å²) in [6.07, 6.45) is 9.14. The van der Waals surface area contributed by atoms with Gasteiger partial charge in [0, 0.05) is 29.8 Å². The van der Waals surface area contributed by atoms with E-state index in [1.165, 1.54) is 31.4 Å². The summed E-state index contributed by atoms with van der Waals surface area (Å²) in [4.78, 5) is 18.4. The summed E-state index contributed by atoms with van der Waals surface area (Å²) in [6, 6.07) is 7.59. The van der Waals surface area contributed by atoms with E-state index >= 15 is 0 Å². The van der Waals surface area contributed by atoms with Crippen LogP contribution in [-0.4, -0.2) is 63.8 Å². The summed E-state index contributed by atoms with van der Waals surface area (Å²) in [5.74, 6) is 1.71. The standard InChI is InChI=1S/C27H38N2O4S/c1-33-21-7-8-25-24(17-21)23(10-12-28-25)26(30)9-6-19-11-14-29(18-20(19)16-27(31)32)13-3-15-34-22-4-2-5-22/h7-8,10,12,17,19-20,22,26,30H,2-6,9,11,13-16,18H2,1H3,(H,31,32)/t19-,20+,26+/m1/s1. The topological polar surface area (TPSA) is 82.9 Å². The monoisotopic (exact) mass is 486 g/mol. The molecule has 6 nitrogen and oxygen atoms in total. The van der Waals surface area contributed by atoms with Gasteiger partial charge in [0.15, 0.2) is 0 Å². The zero-order chi connectivity index (χ0) is 23.9. The lowest BCUT2D eigenvalue weighted by Gasteiger charge is -2.38. The molecule has 2 aliphatic rings. The van der Waals surface area contributed by atoms with Gasteiger partial charge in [-0.05, 0) is 99.0 Å². The highest BCUT2D eigenvalue weighted by atomic mass is 32.2. The number of ether oxygens (including phenoxy) is 1. The molecule has 0 unspecified atom stereocenters. The average molecular weight is 487 g/mol. The summed E-state index contributed by atoms with van der Waals surface area (Å²) >= 11 is 2.12. The molecule has 1 saturated carbocycles. The fraction of sp³-hybridized carbons (Fsp3) is 0.630. The molecule has 0 radical (unpaired) electrons. The van der Waals surface area contributed by atoms with E-state index in [0.29, 0.717) is 12.3 Å². The van der Waals surface area contributed by atoms with Gasteiger partial charge in [0.1, 0.15) is 5.75 Å². The molecule has 0 spiro atoms. The number of rotatable bonds is 12. The number of hydrogen-bond donors (Lipinski definition) is 2. The van der Waals surface area contributed by atoms with Crippen LogP contribution in [0.25, 0.3) is 10.9 Å². The SMILES string of the molecule is COc1ccc2nccc([C@@H](O)CC[C@@H]3CCN(CCCSC4CCC4)C[C@@H]3CC(=O)O)c2c1. The summed E-state index contributed by atoms with van der Waals surface area (Å²) < 4.78 is 5.36. The lowest BCUT2D eigenvalue weighted by Crippen LogP contribution is -2.42. The Hall–Kier alpha value is -1.83. The number of fused-ring (bicyclic) bond motifs is 1. The smallest absolute Gasteiger partial charge is 0.303 e. The van der Waals surface area contributed by atoms with Gasteiger partial charge in [0.25, 0.3) is 0 Å². The van der Waals surface area contributed by atoms with Crippen molar-refractivity contribution in [3.63, 3.8) is 0 Å². The Labute approximate surface area is 207 Å². The highest BCUT2D eigenvalue weighted by Gasteiger charge is 2.31. The molecule has 2 aromatic rings. The van der Waals surface area contributed by atoms with E-state index in [-0.39, 0.29) is 12.3 Å². The molecule has 1 aliphatic carbocycles. The Bertz CT molecular complexity index is 951. The van der Waals surface area contributed by atoms with Crippen LogP contribution in [0.4, 0.5) is 0 Å². The van der Waals surface area contributed by atoms with E-state index in [0.717, 1.165) is 59.9 Å². The second-order valence-electron chi connectivity index (χ2n) is 9.86. The zero-order valence-electron chi connectivity index (χ0n) is 20.2. The molecule has 186 valence electrons. The van der Waals surface area contributed by atoms with Gasteiger partial charge in [-0.25, -0.2) is 0 Å². The quantitative estimate of drug-likeness (QED) is 0.402. The van der Waals surface area contributed by atoms with Crippen LogP contribution in [0.15, 0.2) is 30.5 Å². The van der Waals surface area contributed by atoms with Crippen molar-refractivity contribution < 1.29 is 19.7 Å². The highest BCUT2D eigenvalue weighted by Crippen LogP contribution is 2.35. The van der Waals surface area contributed by atoms with Crippen molar-refractivity contribution in [3.8, 4) is 5.75 Å². The van der Waals surface area contributed by atoms with Crippen LogP contribution in [0, 0.1) is 11.8 Å². The van der Waals surface area contributed by atoms with Crippen LogP contribution in [0.5, 0.6) is 5.75 Å². The molecule has 1 aromatic heterocycles. The minimum Gasteiger partial charge on any atom is -0.497 e. The molecular weight excluding hydrogens is 448 g/mol. The first-order valence-electron chi connectivity index (χ1n) is 12.7. The zero-order valence-corrected chi connectivity index (χ0v) is 21.0. The summed E-state index contributed by atoms with van der Waals surface area (Å²) in [6.45, 7) is 2.95. The molecule has 0 amide bonds. The predicted octanol–water partition coefficient (Wildman–Crippen LogP) is 5.15. The van der Waals surface area contributed by atoms with Crippen molar-refractivity contribution >= 4 is 28.6 Å². The number of aliphatic carboxylic acids is 1. The number of carbonyl (C=O) groups is 1. The average Bonchev–Trinajstić information content (AvgIpc) is 2.81. The molecule has 1 aliphatic heterocycles. The first kappa shape index (κ1) is 25.3. The molecule has 2 heterocycles. The minimum atomic E-state index is -0.717. The Kier molecular flexibility index (Phi) is 9.09. The van der Waals surface area contributed by atoms with Crippen molar-refractivity contribution in [1.29, 1.82) is 0 Å². The third-order valence-electron chi connectivity index (χ3n) is 7.59. The largest absolute Gasteiger partial charge is 0.497 e. The number of carboxylic acid groups (broad SMARTS) is 1. The number of aliphatic hydroxyl groups excluding tert-OH is 1. The van der Waals surface area contributed by atoms with Crippen molar-refractivity contribution in [1.82, 2.24) is 9.88 Å². The molecule has 1 aromatic carbocycles. The highest BCUT2D eigenvalue weighted by molar-refractivity contribution is 7.99. The van der Waals surface area contributed by atoms with Gasteiger partial charge in [-0.15, -0.1) is 0 Å². The summed E-state index contributed by atoms with van der Waals surface area (Å²) in [5.41, 5.74) is 1.70. The van der Waals surface area contributed by atoms with Crippen LogP contribution >= 0.6 is 11.8 Å². The third kappa shape index (κ3) is 6.64. The van der Waals surface area contributed by atoms with Gasteiger partial charge in [0.2, 0.25) is 0 Å². The number of piperidine rings is 1. The Morgan fingerprint density at radius 3 is 2.85 bits per heavy atom. The maximum Gasteiger partial charge on any atom is 0.303 e. The van der Waals surface area contributed by atoms with E-state index in [4.69, 9.17) is 4.74 Å². The molecule has 7 heteroatoms. The molecule has 0 bridgehead atoms. The summed E-state index contributed by atoms with van der Waals surface area (Å²) in [5, 5.41) is 22.4. The fourth-order valence-corrected chi connectivity index (χ4v) is 6.66. The van der Waals surface area contributed by atoms with E-state index in [1.807, 2.05) is 24.3 Å². The van der Waals surface area contributed by atoms with E-state index in [2.05, 4.69) is 21.6 Å². The number of aliphatic hydroxyl groups is 1. The Morgan fingerprint density at radius 2 is 2.12 bits per heavy atom. The summed E-state index contributed by atoms with van der Waals surface area (Å²) in [7, 11) is 1.63. The number of nitrogens with zero attached hydrogens (tertiary/aromatic N) is 2. The second-order valence-corrected chi connectivity index (χ2v) is 11.3. The molecule has 4 rings (SSSR count). The number of aromatic nitrogens is 1. The van der Waals surface area contributed by atoms with Crippen molar-refractivity contribution in [2.75, 3.05) is 32.5 Å². The lowest BCUT2D eigenvalue weighted by atomic mass is 9.79. The van der Waals surface area contributed by atoms with Crippen LogP contribution in [0.3, 0.4) is 0 Å². The van der Waals surface area contributed by atoms with Crippen LogP contribution < -0.4 is 4.74 Å². The van der Waals surface area contributed by atoms with Gasteiger partial charge < -0.3 is 19.8 Å². The molecule has 2 fully saturated rings. The van der Waals surface area contributed by atoms with Crippen LogP contribution in [0.1, 0.15) is 63.0 Å². The van der Waals surface area contributed by atoms with Crippen LogP contribution in [-0.2, 0) is 4.79 Å². The predicted molar refractivity (Wildman–Crippen MR) is 137 cm³/mol. The maximum atomic E-state index is 11.6. The van der Waals surface area contributed by atoms with Crippen molar-refractivity contribution in [2.45, 2.75) is 62.7 Å². The number of thioether (sulfide) groups is 1. The number of carboxylic acids is 1. The third-order valence-corrected chi connectivity index (χ3v) is 9.06. The first-order valence-corrected chi connectivity index (χ1v) is 13.7. The number of methoxy groups -OCH3 is 1. The van der Waals surface area contributed by atoms with Gasteiger partial charge in [-0.3, -0.25) is 9.78 Å². The Morgan fingerprint density at radius 1 is 1.26 bits per heavy atom. The van der Waals surface area contributed by atoms with Gasteiger partial charge in [-0.2, -0.15) is 11.8 Å². The number of pyridine rings is 1. The van der Waals surface area contributed by atoms with Crippen molar-refractivity contribution in [2.24, 2.45) is 11.8 Å².